The van der Waals surface area contributed by atoms with Crippen molar-refractivity contribution in [3.05, 3.63) is 130 Å². The van der Waals surface area contributed by atoms with Gasteiger partial charge in [0.05, 0.1) is 11.2 Å². The number of amidine groups is 4. The molecule has 0 atom stereocenters. The van der Waals surface area contributed by atoms with E-state index >= 15 is 0 Å². The number of aliphatic imine (C=N–C) groups is 4. The zero-order valence-electron chi connectivity index (χ0n) is 29.1. The highest BCUT2D eigenvalue weighted by Crippen LogP contribution is 2.45. The Morgan fingerprint density at radius 1 is 0.412 bits per heavy atom. The molecule has 10 nitrogen and oxygen atoms in total. The van der Waals surface area contributed by atoms with Crippen molar-refractivity contribution < 1.29 is 8.85 Å². The molecule has 0 amide bonds. The molecule has 0 N–H and O–H groups in total. The van der Waals surface area contributed by atoms with Gasteiger partial charge in [0.15, 0.2) is 23.3 Å². The second-order valence-corrected chi connectivity index (χ2v) is 17.5. The van der Waals surface area contributed by atoms with E-state index in [1.165, 1.54) is 0 Å². The average molecular weight is 687 g/mol. The predicted molar refractivity (Wildman–Crippen MR) is 203 cm³/mol. The van der Waals surface area contributed by atoms with Crippen LogP contribution in [0.4, 0.5) is 11.6 Å². The van der Waals surface area contributed by atoms with Gasteiger partial charge in [-0.25, -0.2) is 30.0 Å². The normalized spacial score (nSPS) is 20.1. The Labute approximate surface area is 295 Å². The van der Waals surface area contributed by atoms with Crippen LogP contribution in [0.1, 0.15) is 63.8 Å². The molecule has 4 aromatic carbocycles. The molecule has 10 rings (SSSR count). The van der Waals surface area contributed by atoms with Crippen molar-refractivity contribution in [3.8, 4) is 0 Å². The van der Waals surface area contributed by atoms with Gasteiger partial charge in [-0.15, -0.1) is 0 Å². The van der Waals surface area contributed by atoms with Crippen LogP contribution < -0.4 is 11.0 Å². The Morgan fingerprint density at radius 3 is 1.12 bits per heavy atom. The molecule has 6 heterocycles. The summed E-state index contributed by atoms with van der Waals surface area (Å²) in [5.74, 6) is 3.52. The van der Waals surface area contributed by atoms with Gasteiger partial charge in [-0.05, 0) is 41.5 Å². The fourth-order valence-corrected chi connectivity index (χ4v) is 11.4. The maximum atomic E-state index is 7.58. The summed E-state index contributed by atoms with van der Waals surface area (Å²) in [5.41, 5.74) is 3.46. The summed E-state index contributed by atoms with van der Waals surface area (Å²) >= 11 is 0. The number of hydrogen-bond donors (Lipinski definition) is 0. The fraction of sp³-hybridized carbons (Fsp3) is 0.200. The third-order valence-electron chi connectivity index (χ3n) is 9.20. The molecule has 6 aromatic rings. The van der Waals surface area contributed by atoms with Crippen molar-refractivity contribution in [1.29, 1.82) is 0 Å². The highest BCUT2D eigenvalue weighted by Gasteiger charge is 2.57. The second-order valence-electron chi connectivity index (χ2n) is 15.1. The minimum absolute atomic E-state index is 0.565. The maximum Gasteiger partial charge on any atom is 0.604 e. The van der Waals surface area contributed by atoms with E-state index in [2.05, 4.69) is 74.3 Å². The van der Waals surface area contributed by atoms with E-state index < -0.39 is 20.1 Å². The van der Waals surface area contributed by atoms with Crippen molar-refractivity contribution >= 4 is 65.4 Å². The first-order valence-electron chi connectivity index (χ1n) is 17.2. The van der Waals surface area contributed by atoms with Crippen LogP contribution in [0.25, 0.3) is 21.5 Å². The lowest BCUT2D eigenvalue weighted by Crippen LogP contribution is -2.68. The zero-order valence-corrected chi connectivity index (χ0v) is 30.1. The van der Waals surface area contributed by atoms with Crippen molar-refractivity contribution in [2.75, 3.05) is 0 Å². The Bertz CT molecular complexity index is 2610. The summed E-state index contributed by atoms with van der Waals surface area (Å²) in [5, 5.41) is 3.56. The molecule has 4 aliphatic heterocycles. The third-order valence-corrected chi connectivity index (χ3v) is 12.9. The van der Waals surface area contributed by atoms with Gasteiger partial charge < -0.3 is 8.85 Å². The van der Waals surface area contributed by atoms with Crippen LogP contribution in [0, 0.1) is 0 Å². The van der Waals surface area contributed by atoms with E-state index in [1.807, 2.05) is 72.8 Å². The standard InChI is InChI=1S/C40H34N8O2Si/c1-39(2,3)49-51(50-40(4,5)6)47-35-27-19-11-12-20-28(27)37(47)45-33-25-17-9-10-18-26(25)34(42-33)46-38-30-22-14-13-21-29(30)36(48(38)51)44-32-24-16-8-7-15-23(24)31(41-32)43-35/h7-22H,1-6H3/b43-31-,43-35?,44-32?,44-36-,45-33-,45-37?,46-34?,46-38-. The molecule has 0 unspecified atom stereocenters. The molecule has 0 aliphatic carbocycles. The number of hydrogen-bond acceptors (Lipinski definition) is 8. The molecule has 4 aliphatic rings. The Balaban J connectivity index is 1.56. The highest BCUT2D eigenvalue weighted by molar-refractivity contribution is 6.66. The van der Waals surface area contributed by atoms with Crippen molar-refractivity contribution in [1.82, 2.24) is 8.47 Å². The monoisotopic (exact) mass is 686 g/mol. The van der Waals surface area contributed by atoms with Gasteiger partial charge in [0.2, 0.25) is 0 Å². The molecular weight excluding hydrogens is 653 g/mol. The summed E-state index contributed by atoms with van der Waals surface area (Å²) in [7, 11) is -4.16. The van der Waals surface area contributed by atoms with Gasteiger partial charge in [-0.2, -0.15) is 0 Å². The fourth-order valence-electron chi connectivity index (χ4n) is 7.44. The third kappa shape index (κ3) is 4.41. The SMILES string of the molecule is CC(C)(C)O[Si]1(OC(C)(C)C)n2c3c4ccccc4c2/N=C2N=C(/N=c4/c5ccccc5/c(n41)=N/C1=NC(=N\3)/c3ccccc31)c1ccccc1\2. The van der Waals surface area contributed by atoms with Crippen LogP contribution in [0.2, 0.25) is 0 Å². The number of benzene rings is 4. The van der Waals surface area contributed by atoms with E-state index in [1.54, 1.807) is 0 Å². The Kier molecular flexibility index (Phi) is 6.06. The molecule has 51 heavy (non-hydrogen) atoms. The molecule has 2 aromatic heterocycles. The molecule has 0 saturated heterocycles. The van der Waals surface area contributed by atoms with Crippen LogP contribution in [0.15, 0.2) is 127 Å². The van der Waals surface area contributed by atoms with Crippen LogP contribution in [-0.2, 0) is 8.85 Å². The smallest absolute Gasteiger partial charge is 0.356 e. The average Bonchev–Trinajstić information content (AvgIpc) is 3.80. The van der Waals surface area contributed by atoms with E-state index in [9.17, 15) is 0 Å². The lowest BCUT2D eigenvalue weighted by atomic mass is 10.1. The van der Waals surface area contributed by atoms with E-state index in [0.717, 1.165) is 43.8 Å². The van der Waals surface area contributed by atoms with Crippen molar-refractivity contribution in [2.45, 2.75) is 52.7 Å². The predicted octanol–water partition coefficient (Wildman–Crippen LogP) is 7.00. The summed E-state index contributed by atoms with van der Waals surface area (Å²) in [6.45, 7) is 12.4. The van der Waals surface area contributed by atoms with Gasteiger partial charge in [0.1, 0.15) is 22.6 Å². The molecule has 6 bridgehead atoms. The van der Waals surface area contributed by atoms with Gasteiger partial charge >= 0.3 is 8.88 Å². The molecule has 0 saturated carbocycles. The van der Waals surface area contributed by atoms with E-state index in [0.29, 0.717) is 46.0 Å². The van der Waals surface area contributed by atoms with Crippen LogP contribution >= 0.6 is 0 Å². The topological polar surface area (TPSA) is 102 Å². The van der Waals surface area contributed by atoms with Crippen LogP contribution in [-0.4, -0.2) is 51.9 Å². The molecule has 0 spiro atoms. The van der Waals surface area contributed by atoms with Gasteiger partial charge in [-0.3, -0.25) is 8.47 Å². The van der Waals surface area contributed by atoms with Crippen LogP contribution in [0.3, 0.4) is 0 Å². The molecular formula is C40H34N8O2Si. The second kappa shape index (κ2) is 10.2. The maximum absolute atomic E-state index is 7.58. The van der Waals surface area contributed by atoms with Crippen molar-refractivity contribution in [2.24, 2.45) is 30.0 Å². The molecule has 0 fully saturated rings. The summed E-state index contributed by atoms with van der Waals surface area (Å²) in [4.78, 5) is 32.1. The minimum atomic E-state index is -4.16. The van der Waals surface area contributed by atoms with E-state index in [-0.39, 0.29) is 0 Å². The summed E-state index contributed by atoms with van der Waals surface area (Å²) in [6, 6.07) is 32.7. The Hall–Kier alpha value is -5.62. The Morgan fingerprint density at radius 2 is 0.745 bits per heavy atom. The zero-order chi connectivity index (χ0) is 34.9. The number of aromatic nitrogens is 2. The van der Waals surface area contributed by atoms with Gasteiger partial charge in [0.25, 0.3) is 0 Å². The first-order chi connectivity index (χ1) is 24.5. The van der Waals surface area contributed by atoms with Crippen LogP contribution in [0.5, 0.6) is 0 Å². The lowest BCUT2D eigenvalue weighted by molar-refractivity contribution is 0.00219. The number of nitrogens with zero attached hydrogens (tertiary/aromatic N) is 8. The first-order valence-corrected chi connectivity index (χ1v) is 18.9. The largest absolute Gasteiger partial charge is 0.604 e. The number of rotatable bonds is 2. The quantitative estimate of drug-likeness (QED) is 0.183. The lowest BCUT2D eigenvalue weighted by Gasteiger charge is -2.41. The van der Waals surface area contributed by atoms with Gasteiger partial charge in [-0.1, -0.05) is 97.1 Å². The first kappa shape index (κ1) is 30.2. The number of fused-ring (bicyclic) bond motifs is 14. The summed E-state index contributed by atoms with van der Waals surface area (Å²) in [6.07, 6.45) is 0. The minimum Gasteiger partial charge on any atom is -0.356 e. The highest BCUT2D eigenvalue weighted by atomic mass is 28.4. The molecule has 11 heteroatoms. The summed E-state index contributed by atoms with van der Waals surface area (Å²) < 4.78 is 19.4. The molecule has 250 valence electrons. The van der Waals surface area contributed by atoms with Gasteiger partial charge in [0, 0.05) is 43.8 Å². The van der Waals surface area contributed by atoms with Crippen molar-refractivity contribution in [3.63, 3.8) is 0 Å². The molecule has 0 radical (unpaired) electrons. The van der Waals surface area contributed by atoms with E-state index in [4.69, 9.17) is 38.8 Å².